The largest absolute Gasteiger partial charge is 0.412 e. The highest BCUT2D eigenvalue weighted by Crippen LogP contribution is 2.32. The summed E-state index contributed by atoms with van der Waals surface area (Å²) in [7, 11) is -1.90. The van der Waals surface area contributed by atoms with Gasteiger partial charge in [0.1, 0.15) is 4.21 Å². The molecule has 4 rings (SSSR count). The van der Waals surface area contributed by atoms with E-state index in [1.807, 2.05) is 0 Å². The number of carbonyl (C=O) groups excluding carboxylic acids is 1. The fraction of sp³-hybridized carbons (Fsp3) is 0.611. The number of hydrogen-bond donors (Lipinski definition) is 0. The minimum absolute atomic E-state index is 0.0492. The summed E-state index contributed by atoms with van der Waals surface area (Å²) >= 11 is 1.13. The molecule has 1 saturated carbocycles. The molecule has 0 atom stereocenters. The van der Waals surface area contributed by atoms with E-state index < -0.39 is 10.0 Å². The Balaban J connectivity index is 1.52. The molecule has 2 fully saturated rings. The van der Waals surface area contributed by atoms with Crippen molar-refractivity contribution in [3.8, 4) is 11.5 Å². The normalized spacial score (nSPS) is 18.9. The Bertz CT molecular complexity index is 940. The Kier molecular flexibility index (Phi) is 5.52. The van der Waals surface area contributed by atoms with Crippen LogP contribution in [0.25, 0.3) is 11.5 Å². The second-order valence-electron chi connectivity index (χ2n) is 7.38. The summed E-state index contributed by atoms with van der Waals surface area (Å²) in [4.78, 5) is 14.0. The van der Waals surface area contributed by atoms with Gasteiger partial charge in [0.15, 0.2) is 0 Å². The Morgan fingerprint density at radius 3 is 2.61 bits per heavy atom. The Morgan fingerprint density at radius 1 is 1.18 bits per heavy atom. The molecular formula is C18H24N4O4S2. The molecule has 28 heavy (non-hydrogen) atoms. The second-order valence-corrected chi connectivity index (χ2v) is 10.5. The first-order valence-corrected chi connectivity index (χ1v) is 12.0. The number of hydrogen-bond acceptors (Lipinski definition) is 7. The minimum Gasteiger partial charge on any atom is -0.412 e. The molecule has 0 radical (unpaired) electrons. The predicted molar refractivity (Wildman–Crippen MR) is 105 cm³/mol. The van der Waals surface area contributed by atoms with Gasteiger partial charge in [0, 0.05) is 31.6 Å². The molecule has 0 spiro atoms. The molecule has 1 saturated heterocycles. The highest BCUT2D eigenvalue weighted by molar-refractivity contribution is 7.91. The first kappa shape index (κ1) is 19.5. The van der Waals surface area contributed by atoms with Gasteiger partial charge in [-0.2, -0.15) is 4.31 Å². The van der Waals surface area contributed by atoms with Crippen LogP contribution in [0, 0.1) is 0 Å². The van der Waals surface area contributed by atoms with E-state index in [4.69, 9.17) is 4.42 Å². The van der Waals surface area contributed by atoms with Crippen LogP contribution in [0.4, 0.5) is 0 Å². The van der Waals surface area contributed by atoms with Gasteiger partial charge < -0.3 is 9.32 Å². The van der Waals surface area contributed by atoms with Crippen LogP contribution in [0.1, 0.15) is 55.6 Å². The maximum atomic E-state index is 13.0. The molecule has 152 valence electrons. The van der Waals surface area contributed by atoms with Crippen LogP contribution in [0.5, 0.6) is 0 Å². The molecule has 3 heterocycles. The number of rotatable bonds is 5. The first-order chi connectivity index (χ1) is 13.5. The third kappa shape index (κ3) is 3.72. The molecule has 10 heteroatoms. The van der Waals surface area contributed by atoms with Crippen molar-refractivity contribution in [2.75, 3.05) is 20.1 Å². The zero-order valence-electron chi connectivity index (χ0n) is 15.8. The van der Waals surface area contributed by atoms with Gasteiger partial charge in [-0.1, -0.05) is 19.3 Å². The molecule has 0 N–H and O–H groups in total. The van der Waals surface area contributed by atoms with Crippen LogP contribution >= 0.6 is 11.3 Å². The van der Waals surface area contributed by atoms with E-state index in [-0.39, 0.29) is 27.9 Å². The zero-order valence-corrected chi connectivity index (χ0v) is 17.5. The van der Waals surface area contributed by atoms with Gasteiger partial charge in [0.2, 0.25) is 5.89 Å². The molecule has 8 nitrogen and oxygen atoms in total. The maximum absolute atomic E-state index is 13.0. The fourth-order valence-electron chi connectivity index (χ4n) is 3.83. The quantitative estimate of drug-likeness (QED) is 0.732. The van der Waals surface area contributed by atoms with Gasteiger partial charge in [-0.25, -0.2) is 8.42 Å². The molecule has 0 aromatic carbocycles. The number of sulfonamides is 1. The standard InChI is InChI=1S/C18H24N4O4S2/c1-21(14-7-3-2-4-8-14)28(24,25)15-11-13(12-27-15)16-19-20-17(26-16)18(23)22-9-5-6-10-22/h11-12,14H,2-10H2,1H3. The highest BCUT2D eigenvalue weighted by Gasteiger charge is 2.31. The van der Waals surface area contributed by atoms with Crippen LogP contribution in [0.2, 0.25) is 0 Å². The van der Waals surface area contributed by atoms with E-state index in [0.29, 0.717) is 18.7 Å². The Morgan fingerprint density at radius 2 is 1.89 bits per heavy atom. The summed E-state index contributed by atoms with van der Waals surface area (Å²) in [6.45, 7) is 1.40. The number of thiophene rings is 1. The van der Waals surface area contributed by atoms with Crippen LogP contribution in [-0.2, 0) is 10.0 Å². The molecule has 0 bridgehead atoms. The van der Waals surface area contributed by atoms with Crippen molar-refractivity contribution in [2.24, 2.45) is 0 Å². The molecule has 0 unspecified atom stereocenters. The molecule has 2 aromatic rings. The van der Waals surface area contributed by atoms with E-state index in [0.717, 1.165) is 49.9 Å². The van der Waals surface area contributed by atoms with Gasteiger partial charge in [0.05, 0.1) is 5.56 Å². The first-order valence-electron chi connectivity index (χ1n) is 9.66. The maximum Gasteiger partial charge on any atom is 0.311 e. The lowest BCUT2D eigenvalue weighted by Crippen LogP contribution is -2.37. The van der Waals surface area contributed by atoms with Crippen molar-refractivity contribution in [2.45, 2.75) is 55.2 Å². The number of aromatic nitrogens is 2. The number of nitrogens with zero attached hydrogens (tertiary/aromatic N) is 4. The topological polar surface area (TPSA) is 96.6 Å². The molecule has 1 aliphatic heterocycles. The Labute approximate surface area is 168 Å². The molecule has 1 amide bonds. The van der Waals surface area contributed by atoms with Gasteiger partial charge >= 0.3 is 11.8 Å². The molecule has 2 aromatic heterocycles. The van der Waals surface area contributed by atoms with Gasteiger partial charge in [0.25, 0.3) is 10.0 Å². The van der Waals surface area contributed by atoms with Crippen molar-refractivity contribution in [3.63, 3.8) is 0 Å². The van der Waals surface area contributed by atoms with Gasteiger partial charge in [-0.3, -0.25) is 4.79 Å². The summed E-state index contributed by atoms with van der Waals surface area (Å²) < 4.78 is 33.2. The number of likely N-dealkylation sites (tertiary alicyclic amines) is 1. The summed E-state index contributed by atoms with van der Waals surface area (Å²) in [5, 5.41) is 9.48. The summed E-state index contributed by atoms with van der Waals surface area (Å²) in [6, 6.07) is 1.61. The average molecular weight is 425 g/mol. The zero-order chi connectivity index (χ0) is 19.7. The van der Waals surface area contributed by atoms with E-state index in [1.54, 1.807) is 23.4 Å². The van der Waals surface area contributed by atoms with E-state index in [2.05, 4.69) is 10.2 Å². The van der Waals surface area contributed by atoms with Crippen LogP contribution in [0.3, 0.4) is 0 Å². The lowest BCUT2D eigenvalue weighted by Gasteiger charge is -2.29. The SMILES string of the molecule is CN(C1CCCCC1)S(=O)(=O)c1cc(-c2nnc(C(=O)N3CCCC3)o2)cs1. The van der Waals surface area contributed by atoms with Gasteiger partial charge in [-0.05, 0) is 31.7 Å². The fourth-order valence-corrected chi connectivity index (χ4v) is 6.58. The van der Waals surface area contributed by atoms with E-state index in [1.165, 1.54) is 10.7 Å². The minimum atomic E-state index is -3.56. The molecule has 1 aliphatic carbocycles. The Hall–Kier alpha value is -1.78. The lowest BCUT2D eigenvalue weighted by molar-refractivity contribution is 0.0754. The van der Waals surface area contributed by atoms with E-state index in [9.17, 15) is 13.2 Å². The predicted octanol–water partition coefficient (Wildman–Crippen LogP) is 2.99. The summed E-state index contributed by atoms with van der Waals surface area (Å²) in [5.41, 5.74) is 0.522. The van der Waals surface area contributed by atoms with Crippen LogP contribution < -0.4 is 0 Å². The van der Waals surface area contributed by atoms with E-state index >= 15 is 0 Å². The smallest absolute Gasteiger partial charge is 0.311 e. The lowest BCUT2D eigenvalue weighted by atomic mass is 9.96. The van der Waals surface area contributed by atoms with Crippen molar-refractivity contribution in [3.05, 3.63) is 17.3 Å². The molecule has 2 aliphatic rings. The van der Waals surface area contributed by atoms with Crippen LogP contribution in [0.15, 0.2) is 20.1 Å². The summed E-state index contributed by atoms with van der Waals surface area (Å²) in [6.07, 6.45) is 7.06. The van der Waals surface area contributed by atoms with Crippen molar-refractivity contribution < 1.29 is 17.6 Å². The van der Waals surface area contributed by atoms with Crippen molar-refractivity contribution >= 4 is 27.3 Å². The van der Waals surface area contributed by atoms with Gasteiger partial charge in [-0.15, -0.1) is 21.5 Å². The third-order valence-corrected chi connectivity index (χ3v) is 8.87. The average Bonchev–Trinajstić information content (AvgIpc) is 3.48. The highest BCUT2D eigenvalue weighted by atomic mass is 32.2. The van der Waals surface area contributed by atoms with Crippen LogP contribution in [-0.4, -0.2) is 59.9 Å². The number of amides is 1. The summed E-state index contributed by atoms with van der Waals surface area (Å²) in [5.74, 6) is -0.149. The third-order valence-electron chi connectivity index (χ3n) is 5.55. The molecular weight excluding hydrogens is 400 g/mol. The number of carbonyl (C=O) groups is 1. The monoisotopic (exact) mass is 424 g/mol. The van der Waals surface area contributed by atoms with Crippen molar-refractivity contribution in [1.82, 2.24) is 19.4 Å². The second kappa shape index (κ2) is 7.92. The van der Waals surface area contributed by atoms with Crippen molar-refractivity contribution in [1.29, 1.82) is 0 Å².